The molecule has 7 heteroatoms. The maximum Gasteiger partial charge on any atom is 0.309 e. The number of amides is 2. The molecule has 0 aromatic carbocycles. The summed E-state index contributed by atoms with van der Waals surface area (Å²) < 4.78 is 5.33. The molecule has 1 atom stereocenters. The summed E-state index contributed by atoms with van der Waals surface area (Å²) >= 11 is 1.56. The molecule has 2 rings (SSSR count). The van der Waals surface area contributed by atoms with Gasteiger partial charge in [0.25, 0.3) is 5.91 Å². The summed E-state index contributed by atoms with van der Waals surface area (Å²) in [6.45, 7) is 8.81. The fourth-order valence-corrected chi connectivity index (χ4v) is 3.49. The minimum Gasteiger partial charge on any atom is -0.452 e. The lowest BCUT2D eigenvalue weighted by molar-refractivity contribution is -0.161. The summed E-state index contributed by atoms with van der Waals surface area (Å²) in [5, 5.41) is 4.72. The molecule has 1 aromatic rings. The average Bonchev–Trinajstić information content (AvgIpc) is 3.11. The van der Waals surface area contributed by atoms with Gasteiger partial charge in [-0.2, -0.15) is 0 Å². The van der Waals surface area contributed by atoms with Crippen LogP contribution in [-0.4, -0.2) is 41.9 Å². The molecule has 0 radical (unpaired) electrons. The van der Waals surface area contributed by atoms with Gasteiger partial charge in [-0.25, -0.2) is 0 Å². The Labute approximate surface area is 158 Å². The van der Waals surface area contributed by atoms with Gasteiger partial charge in [0, 0.05) is 23.4 Å². The topological polar surface area (TPSA) is 75.7 Å². The second-order valence-corrected chi connectivity index (χ2v) is 8.73. The maximum atomic E-state index is 12.3. The van der Waals surface area contributed by atoms with Crippen LogP contribution >= 0.6 is 11.3 Å². The lowest BCUT2D eigenvalue weighted by atomic mass is 9.91. The molecule has 1 saturated heterocycles. The van der Waals surface area contributed by atoms with E-state index in [0.29, 0.717) is 32.5 Å². The lowest BCUT2D eigenvalue weighted by Gasteiger charge is -2.35. The smallest absolute Gasteiger partial charge is 0.309 e. The number of piperidine rings is 1. The molecule has 0 bridgehead atoms. The van der Waals surface area contributed by atoms with E-state index in [0.717, 1.165) is 4.88 Å². The van der Waals surface area contributed by atoms with Gasteiger partial charge in [-0.1, -0.05) is 26.8 Å². The van der Waals surface area contributed by atoms with E-state index in [9.17, 15) is 14.4 Å². The zero-order chi connectivity index (χ0) is 19.3. The Hall–Kier alpha value is -1.89. The Morgan fingerprint density at radius 2 is 1.96 bits per heavy atom. The van der Waals surface area contributed by atoms with Crippen molar-refractivity contribution in [1.82, 2.24) is 10.2 Å². The second kappa shape index (κ2) is 8.66. The molecule has 1 aliphatic heterocycles. The van der Waals surface area contributed by atoms with Gasteiger partial charge in [0.05, 0.1) is 12.5 Å². The number of hydrogen-bond acceptors (Lipinski definition) is 5. The lowest BCUT2D eigenvalue weighted by Crippen LogP contribution is -2.46. The predicted octanol–water partition coefficient (Wildman–Crippen LogP) is 2.58. The van der Waals surface area contributed by atoms with E-state index in [-0.39, 0.29) is 23.7 Å². The van der Waals surface area contributed by atoms with Crippen LogP contribution in [0.25, 0.3) is 0 Å². The van der Waals surface area contributed by atoms with Gasteiger partial charge >= 0.3 is 5.97 Å². The number of nitrogens with one attached hydrogen (secondary N) is 1. The second-order valence-electron chi connectivity index (χ2n) is 7.69. The van der Waals surface area contributed by atoms with E-state index < -0.39 is 11.5 Å². The minimum absolute atomic E-state index is 0.102. The Bertz CT molecular complexity index is 628. The van der Waals surface area contributed by atoms with Crippen molar-refractivity contribution < 1.29 is 19.1 Å². The summed E-state index contributed by atoms with van der Waals surface area (Å²) in [6, 6.07) is 3.86. The third-order valence-corrected chi connectivity index (χ3v) is 5.31. The third kappa shape index (κ3) is 5.56. The van der Waals surface area contributed by atoms with Gasteiger partial charge in [-0.3, -0.25) is 14.4 Å². The van der Waals surface area contributed by atoms with Crippen LogP contribution in [0.5, 0.6) is 0 Å². The molecule has 1 fully saturated rings. The molecule has 0 spiro atoms. The predicted molar refractivity (Wildman–Crippen MR) is 100 cm³/mol. The monoisotopic (exact) mass is 380 g/mol. The van der Waals surface area contributed by atoms with Gasteiger partial charge < -0.3 is 15.0 Å². The van der Waals surface area contributed by atoms with E-state index in [4.69, 9.17) is 4.74 Å². The SMILES string of the molecule is CC(OC(=O)C1CCN(C(=O)C(C)(C)C)CC1)C(=O)NCc1cccs1. The first-order chi connectivity index (χ1) is 12.2. The van der Waals surface area contributed by atoms with Crippen molar-refractivity contribution >= 4 is 29.1 Å². The van der Waals surface area contributed by atoms with Crippen molar-refractivity contribution in [3.05, 3.63) is 22.4 Å². The molecule has 1 aromatic heterocycles. The number of carbonyl (C=O) groups excluding carboxylic acids is 3. The van der Waals surface area contributed by atoms with Crippen LogP contribution in [-0.2, 0) is 25.7 Å². The Morgan fingerprint density at radius 3 is 2.50 bits per heavy atom. The van der Waals surface area contributed by atoms with Crippen molar-refractivity contribution in [1.29, 1.82) is 0 Å². The van der Waals surface area contributed by atoms with Crippen LogP contribution in [0.3, 0.4) is 0 Å². The highest BCUT2D eigenvalue weighted by Gasteiger charge is 2.33. The van der Waals surface area contributed by atoms with Crippen LogP contribution in [0.1, 0.15) is 45.4 Å². The molecule has 0 saturated carbocycles. The van der Waals surface area contributed by atoms with Gasteiger partial charge in [-0.05, 0) is 31.2 Å². The molecule has 2 amide bonds. The molecule has 1 N–H and O–H groups in total. The zero-order valence-electron chi connectivity index (χ0n) is 15.9. The molecule has 2 heterocycles. The molecule has 0 aliphatic carbocycles. The average molecular weight is 381 g/mol. The number of ether oxygens (including phenoxy) is 1. The first kappa shape index (κ1) is 20.4. The number of esters is 1. The Kier molecular flexibility index (Phi) is 6.81. The first-order valence-corrected chi connectivity index (χ1v) is 9.86. The molecule has 6 nitrogen and oxygen atoms in total. The summed E-state index contributed by atoms with van der Waals surface area (Å²) in [6.07, 6.45) is 0.325. The number of rotatable bonds is 5. The van der Waals surface area contributed by atoms with E-state index >= 15 is 0 Å². The number of thiophene rings is 1. The Morgan fingerprint density at radius 1 is 1.31 bits per heavy atom. The fourth-order valence-electron chi connectivity index (χ4n) is 2.85. The van der Waals surface area contributed by atoms with E-state index in [1.165, 1.54) is 0 Å². The number of likely N-dealkylation sites (tertiary alicyclic amines) is 1. The standard InChI is InChI=1S/C19H28N2O4S/c1-13(16(22)20-12-15-6-5-11-26-15)25-17(23)14-7-9-21(10-8-14)18(24)19(2,3)4/h5-6,11,13-14H,7-10,12H2,1-4H3,(H,20,22). The number of carbonyl (C=O) groups is 3. The van der Waals surface area contributed by atoms with Crippen molar-refractivity contribution in [2.75, 3.05) is 13.1 Å². The highest BCUT2D eigenvalue weighted by molar-refractivity contribution is 7.09. The summed E-state index contributed by atoms with van der Waals surface area (Å²) in [7, 11) is 0. The summed E-state index contributed by atoms with van der Waals surface area (Å²) in [5.74, 6) is -0.809. The summed E-state index contributed by atoms with van der Waals surface area (Å²) in [4.78, 5) is 39.5. The number of nitrogens with zero attached hydrogens (tertiary/aromatic N) is 1. The minimum atomic E-state index is -0.823. The van der Waals surface area contributed by atoms with Crippen LogP contribution < -0.4 is 5.32 Å². The van der Waals surface area contributed by atoms with Crippen LogP contribution in [0.2, 0.25) is 0 Å². The molecular formula is C19H28N2O4S. The van der Waals surface area contributed by atoms with Crippen molar-refractivity contribution in [3.63, 3.8) is 0 Å². The molecule has 1 unspecified atom stereocenters. The van der Waals surface area contributed by atoms with Crippen molar-refractivity contribution in [2.24, 2.45) is 11.3 Å². The molecule has 26 heavy (non-hydrogen) atoms. The van der Waals surface area contributed by atoms with Gasteiger partial charge in [0.1, 0.15) is 0 Å². The van der Waals surface area contributed by atoms with Crippen LogP contribution in [0.15, 0.2) is 17.5 Å². The fraction of sp³-hybridized carbons (Fsp3) is 0.632. The highest BCUT2D eigenvalue weighted by atomic mass is 32.1. The maximum absolute atomic E-state index is 12.3. The summed E-state index contributed by atoms with van der Waals surface area (Å²) in [5.41, 5.74) is -0.414. The van der Waals surface area contributed by atoms with Gasteiger partial charge in [-0.15, -0.1) is 11.3 Å². The van der Waals surface area contributed by atoms with Gasteiger partial charge in [0.2, 0.25) is 5.91 Å². The first-order valence-electron chi connectivity index (χ1n) is 8.98. The van der Waals surface area contributed by atoms with Gasteiger partial charge in [0.15, 0.2) is 6.10 Å². The largest absolute Gasteiger partial charge is 0.452 e. The zero-order valence-corrected chi connectivity index (χ0v) is 16.7. The van der Waals surface area contributed by atoms with Crippen LogP contribution in [0.4, 0.5) is 0 Å². The quantitative estimate of drug-likeness (QED) is 0.797. The van der Waals surface area contributed by atoms with E-state index in [1.54, 1.807) is 23.2 Å². The molecule has 144 valence electrons. The van der Waals surface area contributed by atoms with Crippen LogP contribution in [0, 0.1) is 11.3 Å². The van der Waals surface area contributed by atoms with Crippen molar-refractivity contribution in [2.45, 2.75) is 53.2 Å². The third-order valence-electron chi connectivity index (χ3n) is 4.44. The normalized spacial score (nSPS) is 16.8. The molecular weight excluding hydrogens is 352 g/mol. The Balaban J connectivity index is 1.75. The van der Waals surface area contributed by atoms with E-state index in [2.05, 4.69) is 5.32 Å². The van der Waals surface area contributed by atoms with Crippen molar-refractivity contribution in [3.8, 4) is 0 Å². The number of hydrogen-bond donors (Lipinski definition) is 1. The highest BCUT2D eigenvalue weighted by Crippen LogP contribution is 2.24. The molecule has 1 aliphatic rings. The van der Waals surface area contributed by atoms with E-state index in [1.807, 2.05) is 38.3 Å².